The molecule has 1 saturated carbocycles. The quantitative estimate of drug-likeness (QED) is 0.326. The first-order valence-corrected chi connectivity index (χ1v) is 11.5. The normalized spacial score (nSPS) is 23.7. The van der Waals surface area contributed by atoms with E-state index in [1.165, 1.54) is 4.90 Å². The summed E-state index contributed by atoms with van der Waals surface area (Å²) in [6.07, 6.45) is 9.06. The second-order valence-electron chi connectivity index (χ2n) is 9.70. The topological polar surface area (TPSA) is 139 Å². The molecule has 0 aromatic heterocycles. The van der Waals surface area contributed by atoms with Crippen molar-refractivity contribution in [1.82, 2.24) is 10.2 Å². The molecule has 0 radical (unpaired) electrons. The zero-order chi connectivity index (χ0) is 23.9. The molecule has 1 saturated heterocycles. The molecule has 0 aromatic rings. The van der Waals surface area contributed by atoms with Crippen molar-refractivity contribution in [3.05, 3.63) is 12.2 Å². The Bertz CT molecular complexity index is 730. The first-order valence-electron chi connectivity index (χ1n) is 11.5. The number of amides is 3. The fourth-order valence-corrected chi connectivity index (χ4v) is 4.00. The van der Waals surface area contributed by atoms with E-state index in [1.807, 2.05) is 12.2 Å². The van der Waals surface area contributed by atoms with Gasteiger partial charge in [0.2, 0.25) is 11.8 Å². The highest BCUT2D eigenvalue weighted by atomic mass is 16.6. The Kier molecular flexibility index (Phi) is 9.09. The lowest BCUT2D eigenvalue weighted by Crippen LogP contribution is -2.53. The van der Waals surface area contributed by atoms with Crippen LogP contribution in [0.4, 0.5) is 4.79 Å². The molecule has 9 nitrogen and oxygen atoms in total. The number of nitrogens with two attached hydrogens (primary N) is 1. The van der Waals surface area contributed by atoms with Gasteiger partial charge in [0.15, 0.2) is 0 Å². The molecular formula is C23H37N3O6. The lowest BCUT2D eigenvalue weighted by molar-refractivity contribution is -0.139. The molecule has 0 spiro atoms. The van der Waals surface area contributed by atoms with E-state index in [4.69, 9.17) is 15.6 Å². The van der Waals surface area contributed by atoms with Crippen LogP contribution >= 0.6 is 0 Å². The SMILES string of the molecule is CC(C)(C)OC(=O)NC(CCCCCC=CC1C[C@@H]1C(=O)O)C(=O)N1CCC[C@H]1C(N)=O. The third-order valence-electron chi connectivity index (χ3n) is 5.76. The Morgan fingerprint density at radius 1 is 1.22 bits per heavy atom. The number of alkyl carbamates (subject to hydrolysis) is 1. The number of aliphatic carboxylic acids is 1. The molecule has 2 fully saturated rings. The van der Waals surface area contributed by atoms with Gasteiger partial charge < -0.3 is 25.8 Å². The Labute approximate surface area is 189 Å². The van der Waals surface area contributed by atoms with E-state index in [9.17, 15) is 19.2 Å². The molecule has 2 aliphatic rings. The number of nitrogens with zero attached hydrogens (tertiary/aromatic N) is 1. The van der Waals surface area contributed by atoms with Crippen LogP contribution in [0.15, 0.2) is 12.2 Å². The smallest absolute Gasteiger partial charge is 0.408 e. The van der Waals surface area contributed by atoms with Crippen LogP contribution in [0.5, 0.6) is 0 Å². The molecule has 1 aliphatic carbocycles. The summed E-state index contributed by atoms with van der Waals surface area (Å²) in [5.74, 6) is -1.63. The molecule has 4 atom stereocenters. The number of carboxylic acid groups (broad SMARTS) is 1. The number of rotatable bonds is 11. The zero-order valence-corrected chi connectivity index (χ0v) is 19.3. The molecule has 180 valence electrons. The molecule has 3 amide bonds. The van der Waals surface area contributed by atoms with Crippen LogP contribution in [-0.4, -0.2) is 58.1 Å². The fourth-order valence-electron chi connectivity index (χ4n) is 4.00. The number of nitrogens with one attached hydrogen (secondary N) is 1. The number of primary amides is 1. The van der Waals surface area contributed by atoms with Gasteiger partial charge in [-0.3, -0.25) is 14.4 Å². The summed E-state index contributed by atoms with van der Waals surface area (Å²) in [4.78, 5) is 49.4. The van der Waals surface area contributed by atoms with Gasteiger partial charge in [0.05, 0.1) is 5.92 Å². The molecular weight excluding hydrogens is 414 g/mol. The van der Waals surface area contributed by atoms with Crippen LogP contribution in [0.3, 0.4) is 0 Å². The minimum atomic E-state index is -0.775. The standard InChI is InChI=1S/C23H37N3O6/c1-23(2,3)32-22(31)25-17(20(28)26-13-9-12-18(26)19(24)27)11-8-6-4-5-7-10-15-14-16(15)21(29)30/h7,10,15-18H,4-6,8-9,11-14H2,1-3H3,(H2,24,27)(H,25,31)(H,29,30)/t15?,16-,17?,18-/m0/s1. The summed E-state index contributed by atoms with van der Waals surface area (Å²) in [6, 6.07) is -1.41. The van der Waals surface area contributed by atoms with Gasteiger partial charge in [-0.05, 0) is 65.2 Å². The minimum absolute atomic E-state index is 0.159. The van der Waals surface area contributed by atoms with Gasteiger partial charge >= 0.3 is 12.1 Å². The van der Waals surface area contributed by atoms with E-state index in [0.29, 0.717) is 25.8 Å². The van der Waals surface area contributed by atoms with E-state index in [1.54, 1.807) is 20.8 Å². The number of ether oxygens (including phenoxy) is 1. The molecule has 1 heterocycles. The van der Waals surface area contributed by atoms with Crippen LogP contribution < -0.4 is 11.1 Å². The first-order chi connectivity index (χ1) is 15.0. The molecule has 2 rings (SSSR count). The van der Waals surface area contributed by atoms with Crippen molar-refractivity contribution in [2.24, 2.45) is 17.6 Å². The number of carbonyl (C=O) groups is 4. The number of allylic oxidation sites excluding steroid dienone is 2. The highest BCUT2D eigenvalue weighted by Gasteiger charge is 2.41. The molecule has 0 bridgehead atoms. The third-order valence-corrected chi connectivity index (χ3v) is 5.76. The van der Waals surface area contributed by atoms with E-state index in [0.717, 1.165) is 32.1 Å². The number of hydrogen-bond acceptors (Lipinski definition) is 5. The Morgan fingerprint density at radius 2 is 1.94 bits per heavy atom. The molecule has 32 heavy (non-hydrogen) atoms. The Hall–Kier alpha value is -2.58. The summed E-state index contributed by atoms with van der Waals surface area (Å²) >= 11 is 0. The predicted octanol–water partition coefficient (Wildman–Crippen LogP) is 2.58. The number of hydrogen-bond donors (Lipinski definition) is 3. The monoisotopic (exact) mass is 451 g/mol. The second kappa shape index (κ2) is 11.3. The van der Waals surface area contributed by atoms with E-state index in [-0.39, 0.29) is 17.7 Å². The largest absolute Gasteiger partial charge is 0.481 e. The van der Waals surface area contributed by atoms with Gasteiger partial charge in [0.25, 0.3) is 0 Å². The van der Waals surface area contributed by atoms with Crippen molar-refractivity contribution in [2.45, 2.75) is 89.8 Å². The van der Waals surface area contributed by atoms with Crippen molar-refractivity contribution in [3.8, 4) is 0 Å². The highest BCUT2D eigenvalue weighted by Crippen LogP contribution is 2.39. The zero-order valence-electron chi connectivity index (χ0n) is 19.3. The lowest BCUT2D eigenvalue weighted by Gasteiger charge is -2.28. The van der Waals surface area contributed by atoms with Gasteiger partial charge in [-0.2, -0.15) is 0 Å². The molecule has 2 unspecified atom stereocenters. The van der Waals surface area contributed by atoms with E-state index in [2.05, 4.69) is 5.32 Å². The first kappa shape index (κ1) is 25.7. The van der Waals surface area contributed by atoms with Gasteiger partial charge in [0.1, 0.15) is 17.7 Å². The van der Waals surface area contributed by atoms with Crippen LogP contribution in [0.25, 0.3) is 0 Å². The fraction of sp³-hybridized carbons (Fsp3) is 0.739. The number of likely N-dealkylation sites (tertiary alicyclic amines) is 1. The number of carbonyl (C=O) groups excluding carboxylic acids is 3. The van der Waals surface area contributed by atoms with Crippen LogP contribution in [0, 0.1) is 11.8 Å². The Morgan fingerprint density at radius 3 is 2.53 bits per heavy atom. The van der Waals surface area contributed by atoms with Crippen LogP contribution in [-0.2, 0) is 19.1 Å². The van der Waals surface area contributed by atoms with Crippen LogP contribution in [0.1, 0.15) is 72.1 Å². The van der Waals surface area contributed by atoms with Gasteiger partial charge in [-0.25, -0.2) is 4.79 Å². The van der Waals surface area contributed by atoms with Gasteiger partial charge in [-0.1, -0.05) is 25.0 Å². The lowest BCUT2D eigenvalue weighted by atomic mass is 10.0. The summed E-state index contributed by atoms with van der Waals surface area (Å²) in [5, 5.41) is 11.6. The maximum atomic E-state index is 13.1. The summed E-state index contributed by atoms with van der Waals surface area (Å²) < 4.78 is 5.31. The van der Waals surface area contributed by atoms with Crippen molar-refractivity contribution in [2.75, 3.05) is 6.54 Å². The summed E-state index contributed by atoms with van der Waals surface area (Å²) in [5.41, 5.74) is 4.76. The van der Waals surface area contributed by atoms with Crippen molar-refractivity contribution >= 4 is 23.9 Å². The average Bonchev–Trinajstić information content (AvgIpc) is 3.28. The van der Waals surface area contributed by atoms with Crippen molar-refractivity contribution in [3.63, 3.8) is 0 Å². The third kappa shape index (κ3) is 8.16. The maximum absolute atomic E-state index is 13.1. The van der Waals surface area contributed by atoms with Crippen molar-refractivity contribution in [1.29, 1.82) is 0 Å². The number of carboxylic acids is 1. The average molecular weight is 452 g/mol. The van der Waals surface area contributed by atoms with Crippen LogP contribution in [0.2, 0.25) is 0 Å². The maximum Gasteiger partial charge on any atom is 0.408 e. The van der Waals surface area contributed by atoms with Gasteiger partial charge in [0, 0.05) is 6.54 Å². The predicted molar refractivity (Wildman–Crippen MR) is 119 cm³/mol. The summed E-state index contributed by atoms with van der Waals surface area (Å²) in [7, 11) is 0. The molecule has 1 aliphatic heterocycles. The minimum Gasteiger partial charge on any atom is -0.481 e. The molecule has 9 heteroatoms. The second-order valence-corrected chi connectivity index (χ2v) is 9.70. The van der Waals surface area contributed by atoms with Gasteiger partial charge in [-0.15, -0.1) is 0 Å². The molecule has 0 aromatic carbocycles. The Balaban J connectivity index is 1.83. The van der Waals surface area contributed by atoms with Crippen molar-refractivity contribution < 1.29 is 29.0 Å². The molecule has 4 N–H and O–H groups in total. The number of unbranched alkanes of at least 4 members (excludes halogenated alkanes) is 3. The van der Waals surface area contributed by atoms with E-state index < -0.39 is 35.7 Å². The van der Waals surface area contributed by atoms with E-state index >= 15 is 0 Å². The highest BCUT2D eigenvalue weighted by molar-refractivity contribution is 5.91. The summed E-state index contributed by atoms with van der Waals surface area (Å²) in [6.45, 7) is 5.70.